The predicted molar refractivity (Wildman–Crippen MR) is 92.0 cm³/mol. The zero-order valence-electron chi connectivity index (χ0n) is 14.6. The van der Waals surface area contributed by atoms with Crippen LogP contribution in [0.25, 0.3) is 0 Å². The van der Waals surface area contributed by atoms with E-state index >= 15 is 0 Å². The van der Waals surface area contributed by atoms with Gasteiger partial charge < -0.3 is 10.2 Å². The van der Waals surface area contributed by atoms with Crippen molar-refractivity contribution in [3.63, 3.8) is 0 Å². The molecule has 0 saturated carbocycles. The molecule has 1 aliphatic heterocycles. The summed E-state index contributed by atoms with van der Waals surface area (Å²) in [5, 5.41) is 2.08. The van der Waals surface area contributed by atoms with Gasteiger partial charge in [0.05, 0.1) is 17.0 Å². The summed E-state index contributed by atoms with van der Waals surface area (Å²) < 4.78 is 77.6. The third-order valence-corrected chi connectivity index (χ3v) is 4.42. The second-order valence-electron chi connectivity index (χ2n) is 6.52. The summed E-state index contributed by atoms with van der Waals surface area (Å²) in [6.07, 6.45) is -10.2. The lowest BCUT2D eigenvalue weighted by atomic mass is 10.1. The number of nitrogens with one attached hydrogen (secondary N) is 1. The van der Waals surface area contributed by atoms with Gasteiger partial charge >= 0.3 is 12.4 Å². The Labute approximate surface area is 161 Å². The Kier molecular flexibility index (Phi) is 5.29. The van der Waals surface area contributed by atoms with E-state index in [0.717, 1.165) is 0 Å². The van der Waals surface area contributed by atoms with E-state index in [1.807, 2.05) is 0 Å². The third kappa shape index (κ3) is 4.69. The van der Waals surface area contributed by atoms with E-state index in [1.54, 1.807) is 30.3 Å². The molecule has 1 unspecified atom stereocenters. The molecule has 1 fully saturated rings. The quantitative estimate of drug-likeness (QED) is 0.737. The molecule has 4 nitrogen and oxygen atoms in total. The number of hydrogen-bond donors (Lipinski definition) is 1. The van der Waals surface area contributed by atoms with Gasteiger partial charge in [0.1, 0.15) is 0 Å². The maximum absolute atomic E-state index is 12.9. The van der Waals surface area contributed by atoms with E-state index in [0.29, 0.717) is 17.8 Å². The Bertz CT molecular complexity index is 892. The number of para-hydroxylation sites is 1. The van der Waals surface area contributed by atoms with Crippen LogP contribution in [0.2, 0.25) is 0 Å². The highest BCUT2D eigenvalue weighted by molar-refractivity contribution is 6.03. The number of rotatable bonds is 3. The molecule has 29 heavy (non-hydrogen) atoms. The number of amides is 2. The average molecular weight is 416 g/mol. The van der Waals surface area contributed by atoms with Crippen LogP contribution in [0, 0.1) is 5.92 Å². The van der Waals surface area contributed by atoms with Gasteiger partial charge in [-0.2, -0.15) is 26.3 Å². The molecule has 154 valence electrons. The van der Waals surface area contributed by atoms with E-state index < -0.39 is 41.0 Å². The molecule has 0 aromatic heterocycles. The van der Waals surface area contributed by atoms with Crippen LogP contribution in [0.1, 0.15) is 17.5 Å². The van der Waals surface area contributed by atoms with Gasteiger partial charge in [-0.1, -0.05) is 18.2 Å². The second kappa shape index (κ2) is 7.41. The van der Waals surface area contributed by atoms with Crippen LogP contribution in [0.3, 0.4) is 0 Å². The Morgan fingerprint density at radius 3 is 2.00 bits per heavy atom. The summed E-state index contributed by atoms with van der Waals surface area (Å²) in [7, 11) is 0. The number of benzene rings is 2. The molecule has 1 aliphatic rings. The van der Waals surface area contributed by atoms with Gasteiger partial charge in [0.15, 0.2) is 0 Å². The summed E-state index contributed by atoms with van der Waals surface area (Å²) in [5.41, 5.74) is -3.15. The summed E-state index contributed by atoms with van der Waals surface area (Å²) >= 11 is 0. The molecule has 10 heteroatoms. The molecule has 0 bridgehead atoms. The van der Waals surface area contributed by atoms with Crippen molar-refractivity contribution in [3.8, 4) is 0 Å². The van der Waals surface area contributed by atoms with Crippen LogP contribution in [0.4, 0.5) is 37.7 Å². The molecule has 1 saturated heterocycles. The van der Waals surface area contributed by atoms with Crippen LogP contribution in [0.15, 0.2) is 48.5 Å². The van der Waals surface area contributed by atoms with Gasteiger partial charge in [-0.05, 0) is 30.3 Å². The highest BCUT2D eigenvalue weighted by Gasteiger charge is 2.38. The third-order valence-electron chi connectivity index (χ3n) is 4.42. The number of anilines is 2. The second-order valence-corrected chi connectivity index (χ2v) is 6.52. The normalized spacial score (nSPS) is 17.5. The van der Waals surface area contributed by atoms with Crippen molar-refractivity contribution in [2.45, 2.75) is 18.8 Å². The lowest BCUT2D eigenvalue weighted by molar-refractivity contribution is -0.143. The van der Waals surface area contributed by atoms with Crippen molar-refractivity contribution in [3.05, 3.63) is 59.7 Å². The predicted octanol–water partition coefficient (Wildman–Crippen LogP) is 4.72. The first-order valence-corrected chi connectivity index (χ1v) is 8.41. The van der Waals surface area contributed by atoms with Crippen LogP contribution in [-0.4, -0.2) is 18.4 Å². The molecular formula is C19H14F6N2O2. The minimum absolute atomic E-state index is 0.0219. The lowest BCUT2D eigenvalue weighted by Gasteiger charge is -2.17. The number of halogens is 6. The van der Waals surface area contributed by atoms with E-state index in [-0.39, 0.29) is 24.9 Å². The lowest BCUT2D eigenvalue weighted by Crippen LogP contribution is -2.28. The van der Waals surface area contributed by atoms with E-state index in [2.05, 4.69) is 5.32 Å². The molecule has 0 radical (unpaired) electrons. The van der Waals surface area contributed by atoms with Gasteiger partial charge in [0.2, 0.25) is 11.8 Å². The van der Waals surface area contributed by atoms with Gasteiger partial charge in [-0.3, -0.25) is 9.59 Å². The highest BCUT2D eigenvalue weighted by atomic mass is 19.4. The highest BCUT2D eigenvalue weighted by Crippen LogP contribution is 2.37. The number of alkyl halides is 6. The Morgan fingerprint density at radius 1 is 0.931 bits per heavy atom. The summed E-state index contributed by atoms with van der Waals surface area (Å²) in [6, 6.07) is 9.26. The molecule has 1 atom stereocenters. The fourth-order valence-corrected chi connectivity index (χ4v) is 3.01. The number of carbonyl (C=O) groups excluding carboxylic acids is 2. The summed E-state index contributed by atoms with van der Waals surface area (Å²) in [4.78, 5) is 25.9. The number of nitrogens with zero attached hydrogens (tertiary/aromatic N) is 1. The zero-order valence-corrected chi connectivity index (χ0v) is 14.6. The maximum Gasteiger partial charge on any atom is 0.416 e. The average Bonchev–Trinajstić information content (AvgIpc) is 3.02. The van der Waals surface area contributed by atoms with E-state index in [1.165, 1.54) is 4.90 Å². The monoisotopic (exact) mass is 416 g/mol. The Hall–Kier alpha value is -3.04. The van der Waals surface area contributed by atoms with E-state index in [9.17, 15) is 35.9 Å². The molecule has 1 heterocycles. The molecule has 3 rings (SSSR count). The topological polar surface area (TPSA) is 49.4 Å². The van der Waals surface area contributed by atoms with Crippen molar-refractivity contribution >= 4 is 23.2 Å². The fraction of sp³-hybridized carbons (Fsp3) is 0.263. The van der Waals surface area contributed by atoms with Crippen molar-refractivity contribution < 1.29 is 35.9 Å². The standard InChI is InChI=1S/C19H14F6N2O2/c20-18(21,22)12-7-13(19(23,24)25)9-14(8-12)26-17(29)11-6-16(28)27(10-11)15-4-2-1-3-5-15/h1-5,7-9,11H,6,10H2,(H,26,29). The Balaban J connectivity index is 1.81. The molecule has 0 spiro atoms. The molecule has 2 amide bonds. The first-order valence-electron chi connectivity index (χ1n) is 8.41. The fourth-order valence-electron chi connectivity index (χ4n) is 3.01. The molecule has 1 N–H and O–H groups in total. The van der Waals surface area contributed by atoms with Crippen LogP contribution in [0.5, 0.6) is 0 Å². The first kappa shape index (κ1) is 20.7. The summed E-state index contributed by atoms with van der Waals surface area (Å²) in [6.45, 7) is -0.0280. The molecule has 0 aliphatic carbocycles. The Morgan fingerprint density at radius 2 is 1.48 bits per heavy atom. The van der Waals surface area contributed by atoms with Crippen LogP contribution < -0.4 is 10.2 Å². The molecule has 2 aromatic rings. The molecule has 2 aromatic carbocycles. The minimum atomic E-state index is -5.02. The van der Waals surface area contributed by atoms with Crippen LogP contribution in [-0.2, 0) is 21.9 Å². The van der Waals surface area contributed by atoms with Crippen LogP contribution >= 0.6 is 0 Å². The van der Waals surface area contributed by atoms with Gasteiger partial charge in [0, 0.05) is 24.3 Å². The summed E-state index contributed by atoms with van der Waals surface area (Å²) in [5.74, 6) is -2.10. The largest absolute Gasteiger partial charge is 0.416 e. The van der Waals surface area contributed by atoms with Gasteiger partial charge in [0.25, 0.3) is 0 Å². The van der Waals surface area contributed by atoms with Gasteiger partial charge in [-0.25, -0.2) is 0 Å². The zero-order chi connectivity index (χ0) is 21.4. The minimum Gasteiger partial charge on any atom is -0.326 e. The number of carbonyl (C=O) groups is 2. The van der Waals surface area contributed by atoms with Gasteiger partial charge in [-0.15, -0.1) is 0 Å². The molecular weight excluding hydrogens is 402 g/mol. The van der Waals surface area contributed by atoms with Crippen molar-refractivity contribution in [2.75, 3.05) is 16.8 Å². The van der Waals surface area contributed by atoms with Crippen molar-refractivity contribution in [2.24, 2.45) is 5.92 Å². The SMILES string of the molecule is O=C(Nc1cc(C(F)(F)F)cc(C(F)(F)F)c1)C1CC(=O)N(c2ccccc2)C1. The first-order chi connectivity index (χ1) is 13.4. The van der Waals surface area contributed by atoms with Crippen molar-refractivity contribution in [1.82, 2.24) is 0 Å². The maximum atomic E-state index is 12.9. The number of hydrogen-bond acceptors (Lipinski definition) is 2. The van der Waals surface area contributed by atoms with Crippen molar-refractivity contribution in [1.29, 1.82) is 0 Å². The smallest absolute Gasteiger partial charge is 0.326 e. The van der Waals surface area contributed by atoms with E-state index in [4.69, 9.17) is 0 Å².